The fraction of sp³-hybridized carbons (Fsp3) is 0.269. The van der Waals surface area contributed by atoms with Crippen molar-refractivity contribution in [3.63, 3.8) is 0 Å². The number of fused-ring (bicyclic) bond motifs is 1. The number of hydrogen-bond acceptors (Lipinski definition) is 5. The molecule has 0 bridgehead atoms. The molecule has 1 heterocycles. The molecule has 1 N–H and O–H groups in total. The average Bonchev–Trinajstić information content (AvgIpc) is 2.87. The second-order valence-corrected chi connectivity index (χ2v) is 10.3. The van der Waals surface area contributed by atoms with Crippen molar-refractivity contribution >= 4 is 15.7 Å². The zero-order valence-electron chi connectivity index (χ0n) is 18.5. The van der Waals surface area contributed by atoms with Crippen molar-refractivity contribution in [2.24, 2.45) is 0 Å². The van der Waals surface area contributed by atoms with E-state index in [4.69, 9.17) is 9.47 Å². The van der Waals surface area contributed by atoms with Crippen LogP contribution in [0.25, 0.3) is 0 Å². The summed E-state index contributed by atoms with van der Waals surface area (Å²) in [6, 6.07) is 24.5. The van der Waals surface area contributed by atoms with Crippen LogP contribution in [0.3, 0.4) is 0 Å². The highest BCUT2D eigenvalue weighted by Gasteiger charge is 2.29. The lowest BCUT2D eigenvalue weighted by molar-refractivity contribution is -0.120. The Kier molecular flexibility index (Phi) is 6.70. The maximum absolute atomic E-state index is 12.8. The molecule has 0 spiro atoms. The second kappa shape index (κ2) is 9.67. The fourth-order valence-corrected chi connectivity index (χ4v) is 5.16. The monoisotopic (exact) mass is 465 g/mol. The molecule has 0 aromatic heterocycles. The van der Waals surface area contributed by atoms with Crippen LogP contribution in [0.2, 0.25) is 0 Å². The van der Waals surface area contributed by atoms with E-state index in [1.165, 1.54) is 12.1 Å². The lowest BCUT2D eigenvalue weighted by Crippen LogP contribution is -2.40. The number of ether oxygens (including phenoxy) is 2. The summed E-state index contributed by atoms with van der Waals surface area (Å²) in [6.07, 6.45) is -0.129. The minimum Gasteiger partial charge on any atom is -0.486 e. The Morgan fingerprint density at radius 1 is 0.879 bits per heavy atom. The summed E-state index contributed by atoms with van der Waals surface area (Å²) in [7, 11) is -3.64. The van der Waals surface area contributed by atoms with Gasteiger partial charge in [-0.3, -0.25) is 4.79 Å². The van der Waals surface area contributed by atoms with Gasteiger partial charge < -0.3 is 14.8 Å². The molecule has 1 amide bonds. The number of hydrogen-bond donors (Lipinski definition) is 1. The first kappa shape index (κ1) is 22.9. The SMILES string of the molecule is CC(CNC(=O)CCS(=O)(=O)c1ccc2c(c1)OCCO2)(c1ccccc1)c1ccccc1. The molecule has 0 saturated heterocycles. The molecule has 0 radical (unpaired) electrons. The largest absolute Gasteiger partial charge is 0.486 e. The minimum absolute atomic E-state index is 0.123. The maximum atomic E-state index is 12.8. The van der Waals surface area contributed by atoms with Crippen LogP contribution in [0.15, 0.2) is 83.8 Å². The van der Waals surface area contributed by atoms with E-state index in [2.05, 4.69) is 12.2 Å². The summed E-state index contributed by atoms with van der Waals surface area (Å²) >= 11 is 0. The van der Waals surface area contributed by atoms with Crippen molar-refractivity contribution in [1.82, 2.24) is 5.32 Å². The van der Waals surface area contributed by atoms with Gasteiger partial charge in [0.25, 0.3) is 0 Å². The lowest BCUT2D eigenvalue weighted by Gasteiger charge is -2.31. The molecule has 1 aliphatic heterocycles. The van der Waals surface area contributed by atoms with Gasteiger partial charge in [0, 0.05) is 24.4 Å². The van der Waals surface area contributed by atoms with Crippen molar-refractivity contribution in [1.29, 1.82) is 0 Å². The van der Waals surface area contributed by atoms with E-state index >= 15 is 0 Å². The van der Waals surface area contributed by atoms with Gasteiger partial charge in [-0.1, -0.05) is 60.7 Å². The van der Waals surface area contributed by atoms with Crippen LogP contribution in [0.4, 0.5) is 0 Å². The zero-order chi connectivity index (χ0) is 23.3. The summed E-state index contributed by atoms with van der Waals surface area (Å²) in [5.74, 6) is 0.341. The Hall–Kier alpha value is -3.32. The third-order valence-corrected chi connectivity index (χ3v) is 7.65. The third kappa shape index (κ3) is 5.20. The molecular weight excluding hydrogens is 438 g/mol. The molecule has 7 heteroatoms. The number of sulfone groups is 1. The molecule has 0 atom stereocenters. The standard InChI is InChI=1S/C26H27NO5S/c1-26(20-8-4-2-5-9-20,21-10-6-3-7-11-21)19-27-25(28)14-17-33(29,30)22-12-13-23-24(18-22)32-16-15-31-23/h2-13,18H,14-17,19H2,1H3,(H,27,28). The van der Waals surface area contributed by atoms with Crippen molar-refractivity contribution in [3.05, 3.63) is 90.0 Å². The van der Waals surface area contributed by atoms with Crippen molar-refractivity contribution < 1.29 is 22.7 Å². The Balaban J connectivity index is 1.42. The molecule has 1 aliphatic rings. The normalized spacial score (nSPS) is 13.4. The highest BCUT2D eigenvalue weighted by molar-refractivity contribution is 7.91. The first-order valence-electron chi connectivity index (χ1n) is 10.9. The molecule has 3 aromatic carbocycles. The van der Waals surface area contributed by atoms with Gasteiger partial charge in [-0.05, 0) is 30.2 Å². The molecule has 172 valence electrons. The average molecular weight is 466 g/mol. The number of benzene rings is 3. The lowest BCUT2D eigenvalue weighted by atomic mass is 9.76. The minimum atomic E-state index is -3.64. The summed E-state index contributed by atoms with van der Waals surface area (Å²) in [6.45, 7) is 3.23. The summed E-state index contributed by atoms with van der Waals surface area (Å²) < 4.78 is 36.5. The first-order valence-corrected chi connectivity index (χ1v) is 12.5. The molecule has 0 aliphatic carbocycles. The van der Waals surface area contributed by atoms with Crippen LogP contribution in [-0.2, 0) is 20.0 Å². The Labute approximate surface area is 194 Å². The van der Waals surface area contributed by atoms with E-state index in [-0.39, 0.29) is 23.0 Å². The second-order valence-electron chi connectivity index (χ2n) is 8.22. The summed E-state index contributed by atoms with van der Waals surface area (Å²) in [5.41, 5.74) is 1.69. The molecule has 3 aromatic rings. The van der Waals surface area contributed by atoms with Crippen molar-refractivity contribution in [2.75, 3.05) is 25.5 Å². The molecule has 0 unspecified atom stereocenters. The maximum Gasteiger partial charge on any atom is 0.221 e. The highest BCUT2D eigenvalue weighted by Crippen LogP contribution is 2.33. The van der Waals surface area contributed by atoms with Gasteiger partial charge in [0.05, 0.1) is 10.6 Å². The smallest absolute Gasteiger partial charge is 0.221 e. The fourth-order valence-electron chi connectivity index (χ4n) is 3.91. The first-order chi connectivity index (χ1) is 15.9. The summed E-state index contributed by atoms with van der Waals surface area (Å²) in [5, 5.41) is 2.95. The van der Waals surface area contributed by atoms with Crippen LogP contribution in [0.1, 0.15) is 24.5 Å². The van der Waals surface area contributed by atoms with Gasteiger partial charge in [-0.2, -0.15) is 0 Å². The Morgan fingerprint density at radius 2 is 1.45 bits per heavy atom. The van der Waals surface area contributed by atoms with Gasteiger partial charge in [-0.25, -0.2) is 8.42 Å². The number of rotatable bonds is 8. The van der Waals surface area contributed by atoms with Gasteiger partial charge >= 0.3 is 0 Å². The molecule has 33 heavy (non-hydrogen) atoms. The topological polar surface area (TPSA) is 81.7 Å². The number of carbonyl (C=O) groups is 1. The number of carbonyl (C=O) groups excluding carboxylic acids is 1. The van der Waals surface area contributed by atoms with Crippen molar-refractivity contribution in [2.45, 2.75) is 23.7 Å². The van der Waals surface area contributed by atoms with Crippen LogP contribution >= 0.6 is 0 Å². The van der Waals surface area contributed by atoms with E-state index in [1.54, 1.807) is 6.07 Å². The van der Waals surface area contributed by atoms with E-state index in [0.717, 1.165) is 11.1 Å². The summed E-state index contributed by atoms with van der Waals surface area (Å²) in [4.78, 5) is 12.8. The van der Waals surface area contributed by atoms with Crippen LogP contribution in [-0.4, -0.2) is 39.8 Å². The molecule has 0 saturated carbocycles. The van der Waals surface area contributed by atoms with Gasteiger partial charge in [0.2, 0.25) is 5.91 Å². The Bertz CT molecular complexity index is 1170. The Morgan fingerprint density at radius 3 is 2.06 bits per heavy atom. The van der Waals surface area contributed by atoms with Crippen LogP contribution in [0, 0.1) is 0 Å². The quantitative estimate of drug-likeness (QED) is 0.548. The molecule has 4 rings (SSSR count). The highest BCUT2D eigenvalue weighted by atomic mass is 32.2. The molecule has 0 fully saturated rings. The van der Waals surface area contributed by atoms with Crippen molar-refractivity contribution in [3.8, 4) is 11.5 Å². The van der Waals surface area contributed by atoms with Gasteiger partial charge in [0.15, 0.2) is 21.3 Å². The third-order valence-electron chi connectivity index (χ3n) is 5.93. The van der Waals surface area contributed by atoms with Gasteiger partial charge in [0.1, 0.15) is 13.2 Å². The molecular formula is C26H27NO5S. The van der Waals surface area contributed by atoms with Crippen LogP contribution in [0.5, 0.6) is 11.5 Å². The predicted molar refractivity (Wildman–Crippen MR) is 126 cm³/mol. The number of amides is 1. The van der Waals surface area contributed by atoms with Crippen LogP contribution < -0.4 is 14.8 Å². The van der Waals surface area contributed by atoms with E-state index in [0.29, 0.717) is 31.3 Å². The zero-order valence-corrected chi connectivity index (χ0v) is 19.3. The van der Waals surface area contributed by atoms with E-state index < -0.39 is 15.3 Å². The predicted octanol–water partition coefficient (Wildman–Crippen LogP) is 3.74. The number of nitrogens with one attached hydrogen (secondary N) is 1. The van der Waals surface area contributed by atoms with E-state index in [1.807, 2.05) is 60.7 Å². The van der Waals surface area contributed by atoms with E-state index in [9.17, 15) is 13.2 Å². The van der Waals surface area contributed by atoms with Gasteiger partial charge in [-0.15, -0.1) is 0 Å². The molecule has 6 nitrogen and oxygen atoms in total.